The van der Waals surface area contributed by atoms with Gasteiger partial charge in [-0.15, -0.1) is 0 Å². The number of carbonyl (C=O) groups is 3. The minimum absolute atomic E-state index is 0.0864. The molecule has 3 aromatic rings. The second kappa shape index (κ2) is 15.0. The standard InChI is InChI=1S/C37H49NO6Si/c1-36(2,3)43-35(42)38-31(24-26-15-11-9-12-16-26)32(44-45(7,8)37(4,5)6)25-30(34(40)41)23-27-19-21-29(22-20-27)33(39)28-17-13-10-14-18-28/h9-22,30-32H,23-25H2,1-8H3,(H,38,42)(H,40,41)/t30-,31+,32-/m1/s1. The number of rotatable bonds is 13. The molecule has 0 aliphatic heterocycles. The molecule has 0 aromatic heterocycles. The van der Waals surface area contributed by atoms with Crippen molar-refractivity contribution in [1.82, 2.24) is 5.32 Å². The number of alkyl carbamates (subject to hydrolysis) is 1. The van der Waals surface area contributed by atoms with E-state index in [0.717, 1.165) is 11.1 Å². The van der Waals surface area contributed by atoms with Gasteiger partial charge in [-0.3, -0.25) is 9.59 Å². The number of hydrogen-bond acceptors (Lipinski definition) is 5. The lowest BCUT2D eigenvalue weighted by atomic mass is 9.89. The molecule has 0 unspecified atom stereocenters. The smallest absolute Gasteiger partial charge is 0.407 e. The van der Waals surface area contributed by atoms with Crippen LogP contribution in [0.3, 0.4) is 0 Å². The summed E-state index contributed by atoms with van der Waals surface area (Å²) < 4.78 is 12.6. The summed E-state index contributed by atoms with van der Waals surface area (Å²) in [7, 11) is -2.41. The van der Waals surface area contributed by atoms with E-state index in [0.29, 0.717) is 17.5 Å². The molecule has 3 aromatic carbocycles. The largest absolute Gasteiger partial charge is 0.481 e. The van der Waals surface area contributed by atoms with Crippen LogP contribution in [0.4, 0.5) is 4.79 Å². The minimum Gasteiger partial charge on any atom is -0.481 e. The molecule has 0 fully saturated rings. The number of nitrogens with one attached hydrogen (secondary N) is 1. The van der Waals surface area contributed by atoms with Crippen LogP contribution in [-0.4, -0.2) is 49.0 Å². The van der Waals surface area contributed by atoms with E-state index in [9.17, 15) is 19.5 Å². The van der Waals surface area contributed by atoms with Gasteiger partial charge in [-0.1, -0.05) is 106 Å². The molecule has 0 radical (unpaired) electrons. The first-order valence-corrected chi connectivity index (χ1v) is 18.5. The molecule has 0 saturated heterocycles. The van der Waals surface area contributed by atoms with Crippen molar-refractivity contribution >= 4 is 26.2 Å². The van der Waals surface area contributed by atoms with E-state index in [1.165, 1.54) is 0 Å². The number of benzene rings is 3. The number of aliphatic carboxylic acids is 1. The molecule has 242 valence electrons. The van der Waals surface area contributed by atoms with Gasteiger partial charge in [0.1, 0.15) is 5.60 Å². The third kappa shape index (κ3) is 11.0. The summed E-state index contributed by atoms with van der Waals surface area (Å²) in [6.45, 7) is 16.1. The van der Waals surface area contributed by atoms with Crippen LogP contribution in [0.25, 0.3) is 0 Å². The van der Waals surface area contributed by atoms with Crippen molar-refractivity contribution < 1.29 is 28.7 Å². The van der Waals surface area contributed by atoms with Crippen LogP contribution in [0.2, 0.25) is 18.1 Å². The van der Waals surface area contributed by atoms with E-state index in [1.54, 1.807) is 24.3 Å². The number of ketones is 1. The van der Waals surface area contributed by atoms with Crippen LogP contribution in [0.5, 0.6) is 0 Å². The van der Waals surface area contributed by atoms with E-state index < -0.39 is 44.0 Å². The summed E-state index contributed by atoms with van der Waals surface area (Å²) in [6, 6.07) is 25.4. The Morgan fingerprint density at radius 1 is 0.756 bits per heavy atom. The fourth-order valence-corrected chi connectivity index (χ4v) is 6.21. The van der Waals surface area contributed by atoms with Crippen LogP contribution in [0.1, 0.15) is 75.0 Å². The third-order valence-corrected chi connectivity index (χ3v) is 12.8. The van der Waals surface area contributed by atoms with Gasteiger partial charge in [0.25, 0.3) is 0 Å². The summed E-state index contributed by atoms with van der Waals surface area (Å²) in [5, 5.41) is 13.3. The number of carbonyl (C=O) groups excluding carboxylic acids is 2. The molecule has 3 atom stereocenters. The molecule has 45 heavy (non-hydrogen) atoms. The van der Waals surface area contributed by atoms with Gasteiger partial charge in [-0.2, -0.15) is 0 Å². The van der Waals surface area contributed by atoms with E-state index in [1.807, 2.05) is 81.4 Å². The lowest BCUT2D eigenvalue weighted by Gasteiger charge is -2.42. The highest BCUT2D eigenvalue weighted by Gasteiger charge is 2.42. The van der Waals surface area contributed by atoms with Gasteiger partial charge in [-0.25, -0.2) is 4.79 Å². The van der Waals surface area contributed by atoms with Gasteiger partial charge in [0.2, 0.25) is 0 Å². The maximum Gasteiger partial charge on any atom is 0.407 e. The fraction of sp³-hybridized carbons (Fsp3) is 0.432. The monoisotopic (exact) mass is 631 g/mol. The van der Waals surface area contributed by atoms with Crippen LogP contribution in [0.15, 0.2) is 84.9 Å². The Bertz CT molecular complexity index is 1410. The Morgan fingerprint density at radius 3 is 1.78 bits per heavy atom. The molecular formula is C37H49NO6Si. The highest BCUT2D eigenvalue weighted by Crippen LogP contribution is 2.39. The normalized spacial score (nSPS) is 14.2. The first-order valence-electron chi connectivity index (χ1n) is 15.6. The van der Waals surface area contributed by atoms with Crippen molar-refractivity contribution in [2.75, 3.05) is 0 Å². The van der Waals surface area contributed by atoms with Crippen LogP contribution in [-0.2, 0) is 26.8 Å². The summed E-state index contributed by atoms with van der Waals surface area (Å²) in [6.07, 6.45) is -0.296. The number of hydrogen-bond donors (Lipinski definition) is 2. The minimum atomic E-state index is -2.41. The number of amides is 1. The average Bonchev–Trinajstić information content (AvgIpc) is 2.95. The second-order valence-electron chi connectivity index (χ2n) is 14.2. The van der Waals surface area contributed by atoms with Gasteiger partial charge in [0.05, 0.1) is 18.1 Å². The van der Waals surface area contributed by atoms with Gasteiger partial charge in [0.15, 0.2) is 14.1 Å². The van der Waals surface area contributed by atoms with Crippen LogP contribution < -0.4 is 5.32 Å². The molecule has 8 heteroatoms. The number of ether oxygens (including phenoxy) is 1. The molecule has 0 aliphatic carbocycles. The lowest BCUT2D eigenvalue weighted by Crippen LogP contribution is -2.54. The lowest BCUT2D eigenvalue weighted by molar-refractivity contribution is -0.142. The van der Waals surface area contributed by atoms with Crippen molar-refractivity contribution in [3.8, 4) is 0 Å². The SMILES string of the molecule is CC(C)(C)OC(=O)N[C@@H](Cc1ccccc1)[C@@H](C[C@@H](Cc1ccc(C(=O)c2ccccc2)cc1)C(=O)O)O[Si](C)(C)C(C)(C)C. The Balaban J connectivity index is 1.93. The zero-order valence-electron chi connectivity index (χ0n) is 27.9. The molecular weight excluding hydrogens is 582 g/mol. The van der Waals surface area contributed by atoms with Crippen LogP contribution >= 0.6 is 0 Å². The van der Waals surface area contributed by atoms with Crippen LogP contribution in [0, 0.1) is 5.92 Å². The first kappa shape index (κ1) is 35.7. The number of carboxylic acid groups (broad SMARTS) is 1. The van der Waals surface area contributed by atoms with Crippen molar-refractivity contribution in [1.29, 1.82) is 0 Å². The summed E-state index contributed by atoms with van der Waals surface area (Å²) >= 11 is 0. The van der Waals surface area contributed by atoms with E-state index in [-0.39, 0.29) is 23.7 Å². The van der Waals surface area contributed by atoms with Gasteiger partial charge < -0.3 is 19.6 Å². The Hall–Kier alpha value is -3.75. The van der Waals surface area contributed by atoms with E-state index >= 15 is 0 Å². The summed E-state index contributed by atoms with van der Waals surface area (Å²) in [5.41, 5.74) is 2.24. The first-order chi connectivity index (χ1) is 20.9. The molecule has 0 bridgehead atoms. The van der Waals surface area contributed by atoms with Crippen molar-refractivity contribution in [3.05, 3.63) is 107 Å². The topological polar surface area (TPSA) is 102 Å². The molecule has 0 spiro atoms. The molecule has 0 saturated carbocycles. The average molecular weight is 632 g/mol. The van der Waals surface area contributed by atoms with Gasteiger partial charge >= 0.3 is 12.1 Å². The Labute approximate surface area is 269 Å². The van der Waals surface area contributed by atoms with E-state index in [2.05, 4.69) is 39.2 Å². The Kier molecular flexibility index (Phi) is 11.9. The predicted octanol–water partition coefficient (Wildman–Crippen LogP) is 8.08. The zero-order chi connectivity index (χ0) is 33.4. The zero-order valence-corrected chi connectivity index (χ0v) is 28.9. The van der Waals surface area contributed by atoms with Crippen molar-refractivity contribution in [2.24, 2.45) is 5.92 Å². The predicted molar refractivity (Wildman–Crippen MR) is 181 cm³/mol. The maximum absolute atomic E-state index is 13.1. The molecule has 0 heterocycles. The second-order valence-corrected chi connectivity index (χ2v) is 19.0. The van der Waals surface area contributed by atoms with Crippen molar-refractivity contribution in [3.63, 3.8) is 0 Å². The fourth-order valence-electron chi connectivity index (χ4n) is 4.84. The van der Waals surface area contributed by atoms with E-state index in [4.69, 9.17) is 9.16 Å². The third-order valence-electron chi connectivity index (χ3n) is 8.30. The highest BCUT2D eigenvalue weighted by molar-refractivity contribution is 6.74. The van der Waals surface area contributed by atoms with Gasteiger partial charge in [-0.05, 0) is 69.3 Å². The molecule has 2 N–H and O–H groups in total. The highest BCUT2D eigenvalue weighted by atomic mass is 28.4. The molecule has 0 aliphatic rings. The summed E-state index contributed by atoms with van der Waals surface area (Å²) in [4.78, 5) is 38.7. The number of carboxylic acids is 1. The molecule has 3 rings (SSSR count). The van der Waals surface area contributed by atoms with Crippen molar-refractivity contribution in [2.45, 2.75) is 96.7 Å². The molecule has 7 nitrogen and oxygen atoms in total. The quantitative estimate of drug-likeness (QED) is 0.146. The molecule has 1 amide bonds. The van der Waals surface area contributed by atoms with Gasteiger partial charge in [0, 0.05) is 11.1 Å². The Morgan fingerprint density at radius 2 is 1.27 bits per heavy atom. The summed E-state index contributed by atoms with van der Waals surface area (Å²) in [5.74, 6) is -1.83. The maximum atomic E-state index is 13.1.